The molecular formula is C15H26N2O3. The number of rotatable bonds is 6. The van der Waals surface area contributed by atoms with Gasteiger partial charge in [-0.05, 0) is 38.5 Å². The fourth-order valence-corrected chi connectivity index (χ4v) is 3.06. The van der Waals surface area contributed by atoms with Crippen molar-refractivity contribution >= 4 is 11.8 Å². The van der Waals surface area contributed by atoms with Gasteiger partial charge in [-0.25, -0.2) is 0 Å². The van der Waals surface area contributed by atoms with Crippen LogP contribution in [0.3, 0.4) is 0 Å². The molecule has 2 rings (SSSR count). The second-order valence-corrected chi connectivity index (χ2v) is 6.06. The van der Waals surface area contributed by atoms with Gasteiger partial charge in [-0.2, -0.15) is 0 Å². The van der Waals surface area contributed by atoms with Crippen LogP contribution in [0.25, 0.3) is 0 Å². The van der Waals surface area contributed by atoms with Gasteiger partial charge in [0.25, 0.3) is 0 Å². The van der Waals surface area contributed by atoms with Crippen molar-refractivity contribution in [3.8, 4) is 0 Å². The fraction of sp³-hybridized carbons (Fsp3) is 0.867. The quantitative estimate of drug-likeness (QED) is 0.799. The first kappa shape index (κ1) is 15.3. The number of carbonyl (C=O) groups is 2. The van der Waals surface area contributed by atoms with Gasteiger partial charge in [-0.3, -0.25) is 9.59 Å². The molecule has 5 nitrogen and oxygen atoms in total. The van der Waals surface area contributed by atoms with Crippen molar-refractivity contribution in [2.45, 2.75) is 64.1 Å². The molecule has 1 saturated heterocycles. The van der Waals surface area contributed by atoms with E-state index in [0.29, 0.717) is 25.3 Å². The Morgan fingerprint density at radius 1 is 1.35 bits per heavy atom. The van der Waals surface area contributed by atoms with Gasteiger partial charge >= 0.3 is 0 Å². The van der Waals surface area contributed by atoms with Crippen LogP contribution in [0.1, 0.15) is 46.5 Å². The highest BCUT2D eigenvalue weighted by molar-refractivity contribution is 6.00. The summed E-state index contributed by atoms with van der Waals surface area (Å²) >= 11 is 0. The second-order valence-electron chi connectivity index (χ2n) is 6.06. The molecule has 1 heterocycles. The monoisotopic (exact) mass is 282 g/mol. The second kappa shape index (κ2) is 5.72. The number of ether oxygens (including phenoxy) is 1. The zero-order valence-corrected chi connectivity index (χ0v) is 12.9. The van der Waals surface area contributed by atoms with E-state index in [4.69, 9.17) is 4.74 Å². The SMILES string of the molecule is CCC1(CC)NC(=O)C(C2CC2)N(CC(C)OC)C1=O. The molecule has 2 unspecified atom stereocenters. The van der Waals surface area contributed by atoms with E-state index in [-0.39, 0.29) is 24.0 Å². The molecule has 1 saturated carbocycles. The van der Waals surface area contributed by atoms with Crippen LogP contribution in [0.15, 0.2) is 0 Å². The van der Waals surface area contributed by atoms with E-state index >= 15 is 0 Å². The maximum absolute atomic E-state index is 12.9. The Balaban J connectivity index is 2.28. The minimum atomic E-state index is -0.726. The van der Waals surface area contributed by atoms with Gasteiger partial charge in [0.1, 0.15) is 11.6 Å². The van der Waals surface area contributed by atoms with E-state index in [2.05, 4.69) is 5.32 Å². The van der Waals surface area contributed by atoms with Gasteiger partial charge in [0, 0.05) is 13.7 Å². The molecule has 0 bridgehead atoms. The summed E-state index contributed by atoms with van der Waals surface area (Å²) in [5, 5.41) is 3.00. The van der Waals surface area contributed by atoms with Crippen molar-refractivity contribution in [2.24, 2.45) is 5.92 Å². The fourth-order valence-electron chi connectivity index (χ4n) is 3.06. The predicted molar refractivity (Wildman–Crippen MR) is 76.2 cm³/mol. The molecule has 0 aromatic heterocycles. The lowest BCUT2D eigenvalue weighted by Gasteiger charge is -2.46. The third-order valence-electron chi connectivity index (χ3n) is 4.77. The van der Waals surface area contributed by atoms with Crippen LogP contribution in [0, 0.1) is 5.92 Å². The molecule has 0 spiro atoms. The molecule has 114 valence electrons. The van der Waals surface area contributed by atoms with E-state index < -0.39 is 5.54 Å². The Hall–Kier alpha value is -1.10. The number of hydrogen-bond donors (Lipinski definition) is 1. The van der Waals surface area contributed by atoms with Crippen LogP contribution >= 0.6 is 0 Å². The first-order valence-corrected chi connectivity index (χ1v) is 7.65. The number of amides is 2. The zero-order valence-electron chi connectivity index (χ0n) is 12.9. The largest absolute Gasteiger partial charge is 0.380 e. The molecule has 1 N–H and O–H groups in total. The molecule has 1 aliphatic heterocycles. The molecule has 0 aromatic rings. The van der Waals surface area contributed by atoms with E-state index in [0.717, 1.165) is 12.8 Å². The van der Waals surface area contributed by atoms with Crippen LogP contribution in [0.4, 0.5) is 0 Å². The summed E-state index contributed by atoms with van der Waals surface area (Å²) < 4.78 is 5.29. The lowest BCUT2D eigenvalue weighted by molar-refractivity contribution is -0.158. The summed E-state index contributed by atoms with van der Waals surface area (Å²) in [4.78, 5) is 27.2. The zero-order chi connectivity index (χ0) is 14.9. The van der Waals surface area contributed by atoms with Crippen molar-refractivity contribution in [2.75, 3.05) is 13.7 Å². The van der Waals surface area contributed by atoms with E-state index in [1.54, 1.807) is 12.0 Å². The van der Waals surface area contributed by atoms with E-state index in [1.807, 2.05) is 20.8 Å². The van der Waals surface area contributed by atoms with Crippen LogP contribution in [0.2, 0.25) is 0 Å². The van der Waals surface area contributed by atoms with E-state index in [9.17, 15) is 9.59 Å². The lowest BCUT2D eigenvalue weighted by Crippen LogP contribution is -2.71. The highest BCUT2D eigenvalue weighted by Gasteiger charge is 2.53. The van der Waals surface area contributed by atoms with E-state index in [1.165, 1.54) is 0 Å². The maximum Gasteiger partial charge on any atom is 0.249 e. The van der Waals surface area contributed by atoms with Crippen LogP contribution in [-0.2, 0) is 14.3 Å². The summed E-state index contributed by atoms with van der Waals surface area (Å²) in [6.07, 6.45) is 3.27. The number of methoxy groups -OCH3 is 1. The summed E-state index contributed by atoms with van der Waals surface area (Å²) in [6, 6.07) is -0.300. The first-order valence-electron chi connectivity index (χ1n) is 7.65. The molecule has 2 aliphatic rings. The summed E-state index contributed by atoms with van der Waals surface area (Å²) in [5.74, 6) is 0.400. The van der Waals surface area contributed by atoms with Crippen LogP contribution < -0.4 is 5.32 Å². The third kappa shape index (κ3) is 2.55. The standard InChI is InChI=1S/C15H26N2O3/c1-5-15(6-2)14(19)17(9-10(3)20-4)12(11-7-8-11)13(18)16-15/h10-12H,5-9H2,1-4H3,(H,16,18). The summed E-state index contributed by atoms with van der Waals surface area (Å²) in [6.45, 7) is 6.34. The van der Waals surface area contributed by atoms with Gasteiger partial charge in [-0.15, -0.1) is 0 Å². The molecule has 0 radical (unpaired) electrons. The number of hydrogen-bond acceptors (Lipinski definition) is 3. The predicted octanol–water partition coefficient (Wildman–Crippen LogP) is 1.32. The van der Waals surface area contributed by atoms with Gasteiger partial charge in [-0.1, -0.05) is 13.8 Å². The average Bonchev–Trinajstić information content (AvgIpc) is 3.27. The molecule has 2 fully saturated rings. The Morgan fingerprint density at radius 3 is 2.40 bits per heavy atom. The van der Waals surface area contributed by atoms with Crippen LogP contribution in [0.5, 0.6) is 0 Å². The summed E-state index contributed by atoms with van der Waals surface area (Å²) in [5.41, 5.74) is -0.726. The van der Waals surface area contributed by atoms with Gasteiger partial charge in [0.2, 0.25) is 11.8 Å². The Morgan fingerprint density at radius 2 is 1.95 bits per heavy atom. The van der Waals surface area contributed by atoms with Crippen molar-refractivity contribution < 1.29 is 14.3 Å². The third-order valence-corrected chi connectivity index (χ3v) is 4.77. The minimum absolute atomic E-state index is 0.0131. The van der Waals surface area contributed by atoms with Gasteiger partial charge in [0.05, 0.1) is 6.10 Å². The summed E-state index contributed by atoms with van der Waals surface area (Å²) in [7, 11) is 1.64. The van der Waals surface area contributed by atoms with Crippen molar-refractivity contribution in [1.82, 2.24) is 10.2 Å². The van der Waals surface area contributed by atoms with Crippen molar-refractivity contribution in [3.63, 3.8) is 0 Å². The Kier molecular flexibility index (Phi) is 4.37. The highest BCUT2D eigenvalue weighted by atomic mass is 16.5. The molecular weight excluding hydrogens is 256 g/mol. The number of nitrogens with zero attached hydrogens (tertiary/aromatic N) is 1. The first-order chi connectivity index (χ1) is 9.49. The average molecular weight is 282 g/mol. The maximum atomic E-state index is 12.9. The minimum Gasteiger partial charge on any atom is -0.380 e. The molecule has 2 amide bonds. The molecule has 5 heteroatoms. The van der Waals surface area contributed by atoms with Gasteiger partial charge < -0.3 is 15.0 Å². The smallest absolute Gasteiger partial charge is 0.249 e. The number of carbonyl (C=O) groups excluding carboxylic acids is 2. The Labute approximate surface area is 121 Å². The topological polar surface area (TPSA) is 58.6 Å². The number of nitrogens with one attached hydrogen (secondary N) is 1. The van der Waals surface area contributed by atoms with Crippen LogP contribution in [-0.4, -0.2) is 48.1 Å². The normalized spacial score (nSPS) is 27.4. The van der Waals surface area contributed by atoms with Gasteiger partial charge in [0.15, 0.2) is 0 Å². The highest BCUT2D eigenvalue weighted by Crippen LogP contribution is 2.39. The number of piperazine rings is 1. The van der Waals surface area contributed by atoms with Crippen molar-refractivity contribution in [1.29, 1.82) is 0 Å². The molecule has 20 heavy (non-hydrogen) atoms. The van der Waals surface area contributed by atoms with Crippen molar-refractivity contribution in [3.05, 3.63) is 0 Å². The molecule has 1 aliphatic carbocycles. The Bertz CT molecular complexity index is 389. The molecule has 2 atom stereocenters. The molecule has 0 aromatic carbocycles. The lowest BCUT2D eigenvalue weighted by atomic mass is 9.86.